The number of fused-ring (bicyclic) bond motifs is 2. The van der Waals surface area contributed by atoms with Crippen LogP contribution in [0.25, 0.3) is 21.8 Å². The van der Waals surface area contributed by atoms with E-state index in [0.29, 0.717) is 12.1 Å². The van der Waals surface area contributed by atoms with Crippen LogP contribution >= 0.6 is 0 Å². The molecule has 1 unspecified atom stereocenters. The summed E-state index contributed by atoms with van der Waals surface area (Å²) in [7, 11) is 0. The number of hydrogen-bond donors (Lipinski definition) is 1. The summed E-state index contributed by atoms with van der Waals surface area (Å²) >= 11 is 0. The van der Waals surface area contributed by atoms with Gasteiger partial charge in [0.15, 0.2) is 0 Å². The number of aromatic nitrogens is 3. The number of carbonyl (C=O) groups excluding carboxylic acids is 1. The van der Waals surface area contributed by atoms with Crippen LogP contribution in [0.5, 0.6) is 0 Å². The highest BCUT2D eigenvalue weighted by Gasteiger charge is 2.19. The van der Waals surface area contributed by atoms with Gasteiger partial charge in [-0.25, -0.2) is 4.98 Å². The Hall–Kier alpha value is -3.99. The van der Waals surface area contributed by atoms with Crippen LogP contribution in [0.2, 0.25) is 0 Å². The quantitative estimate of drug-likeness (QED) is 0.440. The minimum Gasteiger partial charge on any atom is -0.342 e. The van der Waals surface area contributed by atoms with Crippen LogP contribution in [0, 0.1) is 0 Å². The molecule has 2 aromatic heterocycles. The summed E-state index contributed by atoms with van der Waals surface area (Å²) in [5, 5.41) is 5.51. The first-order chi connectivity index (χ1) is 15.2. The van der Waals surface area contributed by atoms with Crippen molar-refractivity contribution in [1.29, 1.82) is 0 Å². The lowest BCUT2D eigenvalue weighted by Crippen LogP contribution is -2.29. The molecule has 1 amide bonds. The van der Waals surface area contributed by atoms with E-state index < -0.39 is 0 Å². The number of carbonyl (C=O) groups is 1. The Bertz CT molecular complexity index is 1370. The van der Waals surface area contributed by atoms with Crippen LogP contribution in [0.1, 0.15) is 34.7 Å². The van der Waals surface area contributed by atoms with E-state index in [1.807, 2.05) is 25.1 Å². The molecular weight excluding hydrogens is 384 g/mol. The first kappa shape index (κ1) is 19.0. The van der Waals surface area contributed by atoms with Gasteiger partial charge >= 0.3 is 0 Å². The number of pyridine rings is 1. The number of amides is 1. The van der Waals surface area contributed by atoms with E-state index in [0.717, 1.165) is 16.9 Å². The van der Waals surface area contributed by atoms with E-state index in [4.69, 9.17) is 4.98 Å². The van der Waals surface area contributed by atoms with Gasteiger partial charge in [-0.1, -0.05) is 54.6 Å². The van der Waals surface area contributed by atoms with E-state index in [9.17, 15) is 4.79 Å². The van der Waals surface area contributed by atoms with Crippen LogP contribution in [-0.4, -0.2) is 20.4 Å². The third-order valence-electron chi connectivity index (χ3n) is 5.55. The van der Waals surface area contributed by atoms with Gasteiger partial charge in [0.05, 0.1) is 29.2 Å². The maximum Gasteiger partial charge on any atom is 0.253 e. The fourth-order valence-electron chi connectivity index (χ4n) is 4.03. The van der Waals surface area contributed by atoms with E-state index >= 15 is 0 Å². The SMILES string of the molecule is CC(NC(=O)c1cccnc1)c1nc2ccccc2n1Cc1cccc2ccccc12. The fraction of sp³-hybridized carbons (Fsp3) is 0.115. The van der Waals surface area contributed by atoms with E-state index in [1.54, 1.807) is 24.5 Å². The smallest absolute Gasteiger partial charge is 0.253 e. The predicted molar refractivity (Wildman–Crippen MR) is 123 cm³/mol. The molecule has 31 heavy (non-hydrogen) atoms. The summed E-state index contributed by atoms with van der Waals surface area (Å²) in [5.41, 5.74) is 3.72. The third-order valence-corrected chi connectivity index (χ3v) is 5.55. The summed E-state index contributed by atoms with van der Waals surface area (Å²) < 4.78 is 2.20. The number of para-hydroxylation sites is 2. The van der Waals surface area contributed by atoms with Crippen molar-refractivity contribution in [3.05, 3.63) is 108 Å². The highest BCUT2D eigenvalue weighted by molar-refractivity contribution is 5.94. The summed E-state index contributed by atoms with van der Waals surface area (Å²) in [5.74, 6) is 0.663. The molecule has 1 N–H and O–H groups in total. The standard InChI is InChI=1S/C26H22N4O/c1-18(28-26(31)20-11-7-15-27-16-20)25-29-23-13-4-5-14-24(23)30(25)17-21-10-6-9-19-8-2-3-12-22(19)21/h2-16,18H,17H2,1H3,(H,28,31). The molecule has 0 aliphatic rings. The van der Waals surface area contributed by atoms with Crippen molar-refractivity contribution in [2.75, 3.05) is 0 Å². The molecule has 2 heterocycles. The zero-order valence-electron chi connectivity index (χ0n) is 17.2. The van der Waals surface area contributed by atoms with Gasteiger partial charge in [-0.15, -0.1) is 0 Å². The Morgan fingerprint density at radius 2 is 1.77 bits per heavy atom. The second kappa shape index (κ2) is 8.03. The molecule has 0 spiro atoms. The molecule has 5 rings (SSSR count). The summed E-state index contributed by atoms with van der Waals surface area (Å²) in [6.45, 7) is 2.64. The zero-order chi connectivity index (χ0) is 21.2. The molecule has 152 valence electrons. The molecule has 0 aliphatic heterocycles. The Balaban J connectivity index is 1.55. The van der Waals surface area contributed by atoms with Gasteiger partial charge < -0.3 is 9.88 Å². The van der Waals surface area contributed by atoms with Gasteiger partial charge in [0.25, 0.3) is 5.91 Å². The monoisotopic (exact) mass is 406 g/mol. The molecule has 0 fully saturated rings. The van der Waals surface area contributed by atoms with Crippen LogP contribution in [0.3, 0.4) is 0 Å². The first-order valence-electron chi connectivity index (χ1n) is 10.3. The first-order valence-corrected chi connectivity index (χ1v) is 10.3. The Kier molecular flexibility index (Phi) is 4.92. The molecule has 3 aromatic carbocycles. The maximum atomic E-state index is 12.7. The number of nitrogens with zero attached hydrogens (tertiary/aromatic N) is 3. The Morgan fingerprint density at radius 3 is 2.65 bits per heavy atom. The Morgan fingerprint density at radius 1 is 0.968 bits per heavy atom. The zero-order valence-corrected chi connectivity index (χ0v) is 17.2. The van der Waals surface area contributed by atoms with Crippen molar-refractivity contribution in [1.82, 2.24) is 19.9 Å². The summed E-state index contributed by atoms with van der Waals surface area (Å²) in [6, 6.07) is 26.1. The van der Waals surface area contributed by atoms with Crippen LogP contribution in [0.15, 0.2) is 91.3 Å². The average molecular weight is 406 g/mol. The maximum absolute atomic E-state index is 12.7. The molecule has 0 saturated heterocycles. The van der Waals surface area contributed by atoms with Crippen molar-refractivity contribution in [2.45, 2.75) is 19.5 Å². The lowest BCUT2D eigenvalue weighted by atomic mass is 10.0. The normalized spacial score (nSPS) is 12.2. The van der Waals surface area contributed by atoms with Gasteiger partial charge in [-0.2, -0.15) is 0 Å². The van der Waals surface area contributed by atoms with Crippen LogP contribution in [0.4, 0.5) is 0 Å². The highest BCUT2D eigenvalue weighted by Crippen LogP contribution is 2.25. The van der Waals surface area contributed by atoms with E-state index in [-0.39, 0.29) is 11.9 Å². The minimum atomic E-state index is -0.268. The van der Waals surface area contributed by atoms with Crippen molar-refractivity contribution in [3.63, 3.8) is 0 Å². The molecule has 5 heteroatoms. The van der Waals surface area contributed by atoms with Crippen molar-refractivity contribution < 1.29 is 4.79 Å². The summed E-state index contributed by atoms with van der Waals surface area (Å²) in [4.78, 5) is 21.6. The third kappa shape index (κ3) is 3.66. The number of nitrogens with one attached hydrogen (secondary N) is 1. The molecular formula is C26H22N4O. The average Bonchev–Trinajstić information content (AvgIpc) is 3.18. The lowest BCUT2D eigenvalue weighted by Gasteiger charge is -2.17. The molecule has 0 radical (unpaired) electrons. The number of hydrogen-bond acceptors (Lipinski definition) is 3. The Labute approximate surface area is 180 Å². The predicted octanol–water partition coefficient (Wildman–Crippen LogP) is 5.12. The highest BCUT2D eigenvalue weighted by atomic mass is 16.1. The molecule has 0 bridgehead atoms. The van der Waals surface area contributed by atoms with Crippen LogP contribution in [-0.2, 0) is 6.54 Å². The second-order valence-corrected chi connectivity index (χ2v) is 7.62. The largest absolute Gasteiger partial charge is 0.342 e. The molecule has 5 nitrogen and oxygen atoms in total. The molecule has 0 aliphatic carbocycles. The molecule has 1 atom stereocenters. The van der Waals surface area contributed by atoms with Crippen molar-refractivity contribution >= 4 is 27.7 Å². The van der Waals surface area contributed by atoms with Gasteiger partial charge in [-0.05, 0) is 47.5 Å². The van der Waals surface area contributed by atoms with Gasteiger partial charge in [-0.3, -0.25) is 9.78 Å². The fourth-order valence-corrected chi connectivity index (χ4v) is 4.03. The van der Waals surface area contributed by atoms with Crippen LogP contribution < -0.4 is 5.32 Å². The number of rotatable bonds is 5. The van der Waals surface area contributed by atoms with E-state index in [2.05, 4.69) is 63.4 Å². The van der Waals surface area contributed by atoms with Gasteiger partial charge in [0, 0.05) is 12.4 Å². The second-order valence-electron chi connectivity index (χ2n) is 7.62. The lowest BCUT2D eigenvalue weighted by molar-refractivity contribution is 0.0937. The number of benzene rings is 3. The number of imidazole rings is 1. The van der Waals surface area contributed by atoms with Crippen molar-refractivity contribution in [2.24, 2.45) is 0 Å². The minimum absolute atomic E-state index is 0.163. The molecule has 0 saturated carbocycles. The van der Waals surface area contributed by atoms with Gasteiger partial charge in [0.1, 0.15) is 5.82 Å². The van der Waals surface area contributed by atoms with E-state index in [1.165, 1.54) is 16.3 Å². The molecule has 5 aromatic rings. The van der Waals surface area contributed by atoms with Crippen molar-refractivity contribution in [3.8, 4) is 0 Å². The topological polar surface area (TPSA) is 59.8 Å². The van der Waals surface area contributed by atoms with Gasteiger partial charge in [0.2, 0.25) is 0 Å². The summed E-state index contributed by atoms with van der Waals surface area (Å²) in [6.07, 6.45) is 3.23.